The van der Waals surface area contributed by atoms with Gasteiger partial charge in [-0.3, -0.25) is 9.59 Å². The molecule has 230 valence electrons. The zero-order valence-corrected chi connectivity index (χ0v) is 24.2. The van der Waals surface area contributed by atoms with Crippen molar-refractivity contribution in [2.45, 2.75) is 63.3 Å². The highest BCUT2D eigenvalue weighted by molar-refractivity contribution is 6.00. The largest absolute Gasteiger partial charge is 0.389 e. The number of piperazine rings is 1. The van der Waals surface area contributed by atoms with E-state index in [1.54, 1.807) is 16.8 Å². The summed E-state index contributed by atoms with van der Waals surface area (Å²) in [6.07, 6.45) is 1.20. The van der Waals surface area contributed by atoms with E-state index in [9.17, 15) is 32.7 Å². The summed E-state index contributed by atoms with van der Waals surface area (Å²) < 4.78 is 34.9. The highest BCUT2D eigenvalue weighted by Crippen LogP contribution is 2.51. The first-order chi connectivity index (χ1) is 20.0. The first-order valence-electron chi connectivity index (χ1n) is 14.7. The van der Waals surface area contributed by atoms with E-state index in [0.717, 1.165) is 57.4 Å². The number of likely N-dealkylation sites (tertiary alicyclic amines) is 1. The molecule has 0 bridgehead atoms. The smallest absolute Gasteiger partial charge is 0.387 e. The van der Waals surface area contributed by atoms with Crippen LogP contribution in [0, 0.1) is 5.41 Å². The maximum atomic E-state index is 13.6. The molecular formula is C31H41F3N4O4. The van der Waals surface area contributed by atoms with Gasteiger partial charge < -0.3 is 29.6 Å². The van der Waals surface area contributed by atoms with Gasteiger partial charge in [0.1, 0.15) is 6.29 Å². The van der Waals surface area contributed by atoms with Gasteiger partial charge in [0.05, 0.1) is 24.1 Å². The van der Waals surface area contributed by atoms with E-state index >= 15 is 0 Å². The second-order valence-corrected chi connectivity index (χ2v) is 11.8. The number of nitrogens with one attached hydrogen (secondary N) is 1. The van der Waals surface area contributed by atoms with Crippen LogP contribution in [0.3, 0.4) is 0 Å². The third kappa shape index (κ3) is 7.48. The van der Waals surface area contributed by atoms with Crippen molar-refractivity contribution in [1.82, 2.24) is 19.7 Å². The predicted octanol–water partition coefficient (Wildman–Crippen LogP) is 3.72. The summed E-state index contributed by atoms with van der Waals surface area (Å²) in [5, 5.41) is 15.3. The standard InChI is InChI=1S/C27H36N4O3.C4H5F3O/c1-29-14-11-27(34,26(19-29)9-5-6-10-26)20-31-18-23(25(33)30-15-12-28-13-16-30)22(17-24(31)32)21-7-3-2-4-8-21;5-4(6,7)2-1-3-8/h2-4,7-8,17-18,28,34H,5-6,9-16,19-20H2,1H3;3H,1-2H2. The van der Waals surface area contributed by atoms with Crippen LogP contribution in [-0.4, -0.2) is 89.8 Å². The summed E-state index contributed by atoms with van der Waals surface area (Å²) in [6.45, 7) is 4.71. The average Bonchev–Trinajstić information content (AvgIpc) is 3.45. The van der Waals surface area contributed by atoms with Crippen molar-refractivity contribution in [1.29, 1.82) is 0 Å². The van der Waals surface area contributed by atoms with Crippen molar-refractivity contribution < 1.29 is 27.9 Å². The van der Waals surface area contributed by atoms with Crippen LogP contribution in [0.4, 0.5) is 13.2 Å². The second kappa shape index (κ2) is 13.5. The number of aldehydes is 1. The van der Waals surface area contributed by atoms with E-state index in [-0.39, 0.29) is 29.7 Å². The number of carbonyl (C=O) groups is 2. The molecule has 1 saturated carbocycles. The van der Waals surface area contributed by atoms with Crippen LogP contribution >= 0.6 is 0 Å². The molecule has 1 spiro atoms. The third-order valence-electron chi connectivity index (χ3n) is 8.85. The van der Waals surface area contributed by atoms with Crippen molar-refractivity contribution in [3.63, 3.8) is 0 Å². The summed E-state index contributed by atoms with van der Waals surface area (Å²) in [7, 11) is 2.12. The minimum Gasteiger partial charge on any atom is -0.387 e. The minimum absolute atomic E-state index is 0.0555. The van der Waals surface area contributed by atoms with Crippen LogP contribution in [0.15, 0.2) is 47.4 Å². The first-order valence-corrected chi connectivity index (χ1v) is 14.7. The van der Waals surface area contributed by atoms with E-state index in [1.807, 2.05) is 35.2 Å². The molecule has 5 rings (SSSR count). The molecular weight excluding hydrogens is 549 g/mol. The number of rotatable bonds is 6. The van der Waals surface area contributed by atoms with Crippen LogP contribution < -0.4 is 10.9 Å². The topological polar surface area (TPSA) is 94.9 Å². The molecule has 11 heteroatoms. The fraction of sp³-hybridized carbons (Fsp3) is 0.581. The van der Waals surface area contributed by atoms with E-state index in [2.05, 4.69) is 17.3 Å². The number of aliphatic hydroxyl groups is 1. The molecule has 0 radical (unpaired) electrons. The highest BCUT2D eigenvalue weighted by Gasteiger charge is 2.54. The summed E-state index contributed by atoms with van der Waals surface area (Å²) in [6, 6.07) is 11.2. The Labute approximate surface area is 244 Å². The molecule has 2 N–H and O–H groups in total. The van der Waals surface area contributed by atoms with Gasteiger partial charge in [-0.25, -0.2) is 0 Å². The van der Waals surface area contributed by atoms with Crippen molar-refractivity contribution >= 4 is 12.2 Å². The molecule has 42 heavy (non-hydrogen) atoms. The molecule has 3 aliphatic rings. The van der Waals surface area contributed by atoms with Gasteiger partial charge >= 0.3 is 6.18 Å². The van der Waals surface area contributed by atoms with Gasteiger partial charge in [-0.05, 0) is 31.9 Å². The molecule has 1 aromatic heterocycles. The number of aromatic nitrogens is 1. The minimum atomic E-state index is -4.18. The molecule has 1 aromatic carbocycles. The van der Waals surface area contributed by atoms with Crippen molar-refractivity contribution in [3.05, 3.63) is 58.5 Å². The highest BCUT2D eigenvalue weighted by atomic mass is 19.4. The number of alkyl halides is 3. The monoisotopic (exact) mass is 590 g/mol. The maximum absolute atomic E-state index is 13.6. The SMILES string of the molecule is CN1CCC(O)(Cn2cc(C(=O)N3CCNCC3)c(-c3ccccc3)cc2=O)C2(CCCC2)C1.O=CCCC(F)(F)F. The Bertz CT molecular complexity index is 1270. The first kappa shape index (κ1) is 31.9. The number of hydrogen-bond donors (Lipinski definition) is 2. The zero-order chi connectivity index (χ0) is 30.4. The average molecular weight is 591 g/mol. The van der Waals surface area contributed by atoms with Gasteiger partial charge in [0.2, 0.25) is 0 Å². The van der Waals surface area contributed by atoms with Crippen LogP contribution in [0.2, 0.25) is 0 Å². The van der Waals surface area contributed by atoms with E-state index < -0.39 is 24.6 Å². The Kier molecular flexibility index (Phi) is 10.3. The molecule has 3 fully saturated rings. The van der Waals surface area contributed by atoms with Gasteiger partial charge in [-0.1, -0.05) is 43.2 Å². The number of carbonyl (C=O) groups excluding carboxylic acids is 2. The van der Waals surface area contributed by atoms with E-state index in [1.165, 1.54) is 0 Å². The Morgan fingerprint density at radius 1 is 1.07 bits per heavy atom. The van der Waals surface area contributed by atoms with Gasteiger partial charge in [0.25, 0.3) is 11.5 Å². The Balaban J connectivity index is 0.000000446. The van der Waals surface area contributed by atoms with Crippen molar-refractivity contribution in [3.8, 4) is 11.1 Å². The second-order valence-electron chi connectivity index (χ2n) is 11.8. The number of pyridine rings is 1. The quantitative estimate of drug-likeness (QED) is 0.499. The fourth-order valence-corrected chi connectivity index (χ4v) is 6.57. The van der Waals surface area contributed by atoms with Gasteiger partial charge in [0.15, 0.2) is 0 Å². The normalized spacial score (nSPS) is 22.5. The summed E-state index contributed by atoms with van der Waals surface area (Å²) in [5.41, 5.74) is 0.733. The zero-order valence-electron chi connectivity index (χ0n) is 24.2. The Hall–Kier alpha value is -3.02. The molecule has 2 aromatic rings. The molecule has 2 aliphatic heterocycles. The lowest BCUT2D eigenvalue weighted by atomic mass is 9.66. The van der Waals surface area contributed by atoms with Gasteiger partial charge in [0, 0.05) is 68.9 Å². The van der Waals surface area contributed by atoms with E-state index in [4.69, 9.17) is 0 Å². The maximum Gasteiger partial charge on any atom is 0.389 e. The van der Waals surface area contributed by atoms with Crippen LogP contribution in [0.5, 0.6) is 0 Å². The lowest BCUT2D eigenvalue weighted by Crippen LogP contribution is -2.60. The Morgan fingerprint density at radius 3 is 2.33 bits per heavy atom. The van der Waals surface area contributed by atoms with E-state index in [0.29, 0.717) is 30.6 Å². The summed E-state index contributed by atoms with van der Waals surface area (Å²) in [5.74, 6) is -0.0555. The molecule has 3 heterocycles. The van der Waals surface area contributed by atoms with Crippen LogP contribution in [0.1, 0.15) is 55.3 Å². The predicted molar refractivity (Wildman–Crippen MR) is 154 cm³/mol. The number of nitrogens with zero attached hydrogens (tertiary/aromatic N) is 3. The Morgan fingerprint density at radius 2 is 1.74 bits per heavy atom. The molecule has 1 amide bonds. The fourth-order valence-electron chi connectivity index (χ4n) is 6.57. The number of amides is 1. The summed E-state index contributed by atoms with van der Waals surface area (Å²) in [4.78, 5) is 40.5. The molecule has 1 aliphatic carbocycles. The van der Waals surface area contributed by atoms with Crippen LogP contribution in [-0.2, 0) is 11.3 Å². The number of hydrogen-bond acceptors (Lipinski definition) is 6. The molecule has 1 unspecified atom stereocenters. The van der Waals surface area contributed by atoms with Gasteiger partial charge in [-0.2, -0.15) is 13.2 Å². The van der Waals surface area contributed by atoms with Crippen LogP contribution in [0.25, 0.3) is 11.1 Å². The molecule has 2 saturated heterocycles. The lowest BCUT2D eigenvalue weighted by Gasteiger charge is -2.51. The number of halogens is 3. The lowest BCUT2D eigenvalue weighted by molar-refractivity contribution is -0.139. The third-order valence-corrected chi connectivity index (χ3v) is 8.85. The van der Waals surface area contributed by atoms with Gasteiger partial charge in [-0.15, -0.1) is 0 Å². The number of piperidine rings is 1. The summed E-state index contributed by atoms with van der Waals surface area (Å²) >= 11 is 0. The van der Waals surface area contributed by atoms with Crippen molar-refractivity contribution in [2.75, 3.05) is 46.3 Å². The van der Waals surface area contributed by atoms with Crippen molar-refractivity contribution in [2.24, 2.45) is 5.41 Å². The molecule has 1 atom stereocenters. The molecule has 8 nitrogen and oxygen atoms in total. The number of benzene rings is 1.